The quantitative estimate of drug-likeness (QED) is 0.190. The van der Waals surface area contributed by atoms with E-state index in [2.05, 4.69) is 181 Å². The number of rotatable bonds is 5. The average molecular weight is 760 g/mol. The average Bonchev–Trinajstić information content (AvgIpc) is 3.86. The summed E-state index contributed by atoms with van der Waals surface area (Å²) in [4.78, 5) is 11.0. The fourth-order valence-electron chi connectivity index (χ4n) is 8.66. The molecule has 1 N–H and O–H groups in total. The number of nitrogens with one attached hydrogen (secondary N) is 1. The highest BCUT2D eigenvalue weighted by atomic mass is 32.1. The molecule has 0 bridgehead atoms. The Morgan fingerprint density at radius 2 is 1.00 bits per heavy atom. The second-order valence-electron chi connectivity index (χ2n) is 15.0. The SMILES string of the molecule is c1ccc2cc(C3=NC(c4c(-c5ccc6sc7ccccc7c6c5)ccc5oc6ccccc6c45)N=C(c4ccc(-c5ccc6ccccc6c5)cc4)N3)ccc2c1. The van der Waals surface area contributed by atoms with Crippen LogP contribution in [-0.2, 0) is 0 Å². The number of aliphatic imine (C=N–C) groups is 2. The number of furan rings is 1. The summed E-state index contributed by atoms with van der Waals surface area (Å²) < 4.78 is 9.09. The fraction of sp³-hybridized carbons (Fsp3) is 0.0189. The van der Waals surface area contributed by atoms with Crippen LogP contribution in [0.1, 0.15) is 22.9 Å². The Morgan fingerprint density at radius 3 is 1.79 bits per heavy atom. The largest absolute Gasteiger partial charge is 0.456 e. The molecule has 3 heterocycles. The van der Waals surface area contributed by atoms with Gasteiger partial charge in [0.2, 0.25) is 0 Å². The van der Waals surface area contributed by atoms with E-state index in [1.54, 1.807) is 0 Å². The van der Waals surface area contributed by atoms with Gasteiger partial charge in [0.05, 0.1) is 0 Å². The van der Waals surface area contributed by atoms with Crippen LogP contribution >= 0.6 is 11.3 Å². The molecule has 0 saturated carbocycles. The third-order valence-electron chi connectivity index (χ3n) is 11.5. The zero-order valence-corrected chi connectivity index (χ0v) is 32.0. The summed E-state index contributed by atoms with van der Waals surface area (Å²) in [6, 6.07) is 67.0. The maximum Gasteiger partial charge on any atom is 0.171 e. The lowest BCUT2D eigenvalue weighted by Crippen LogP contribution is -2.36. The lowest BCUT2D eigenvalue weighted by atomic mass is 9.92. The normalized spacial score (nSPS) is 14.4. The second kappa shape index (κ2) is 13.1. The highest BCUT2D eigenvalue weighted by Crippen LogP contribution is 2.44. The summed E-state index contributed by atoms with van der Waals surface area (Å²) in [5.41, 5.74) is 9.20. The molecule has 0 aliphatic carbocycles. The standard InChI is InChI=1S/C53H33N3OS/c1-3-11-36-29-38(23-19-32(36)9-1)34-17-21-35(22-18-34)51-54-52(40-24-20-33-10-2-4-12-37(33)30-40)56-53(55-51)50-41(26-27-46-49(50)43-14-5-7-15-45(43)57-46)39-25-28-48-44(31-39)42-13-6-8-16-47(42)58-48/h1-31,53H,(H,54,55,56). The van der Waals surface area contributed by atoms with E-state index in [9.17, 15) is 0 Å². The fourth-order valence-corrected chi connectivity index (χ4v) is 9.74. The molecule has 1 aliphatic heterocycles. The molecule has 0 fully saturated rings. The Hall–Kier alpha value is -7.34. The Labute approximate surface area is 338 Å². The number of hydrogen-bond donors (Lipinski definition) is 1. The lowest BCUT2D eigenvalue weighted by molar-refractivity contribution is 0.667. The van der Waals surface area contributed by atoms with Crippen molar-refractivity contribution in [1.29, 1.82) is 0 Å². The van der Waals surface area contributed by atoms with Crippen molar-refractivity contribution in [1.82, 2.24) is 5.32 Å². The number of amidine groups is 2. The highest BCUT2D eigenvalue weighted by molar-refractivity contribution is 7.25. The second-order valence-corrected chi connectivity index (χ2v) is 16.0. The van der Waals surface area contributed by atoms with E-state index < -0.39 is 6.17 Å². The molecule has 1 aliphatic rings. The number of para-hydroxylation sites is 1. The Bertz CT molecular complexity index is 3500. The van der Waals surface area contributed by atoms with Crippen molar-refractivity contribution in [3.05, 3.63) is 205 Å². The lowest BCUT2D eigenvalue weighted by Gasteiger charge is -2.25. The van der Waals surface area contributed by atoms with Crippen LogP contribution in [0.4, 0.5) is 0 Å². The number of benzene rings is 9. The zero-order chi connectivity index (χ0) is 38.2. The van der Waals surface area contributed by atoms with Crippen LogP contribution in [0.5, 0.6) is 0 Å². The molecule has 0 amide bonds. The van der Waals surface area contributed by atoms with Gasteiger partial charge in [-0.15, -0.1) is 11.3 Å². The minimum Gasteiger partial charge on any atom is -0.456 e. The molecule has 0 saturated heterocycles. The van der Waals surface area contributed by atoms with Crippen LogP contribution in [0.3, 0.4) is 0 Å². The minimum absolute atomic E-state index is 0.576. The van der Waals surface area contributed by atoms with Crippen molar-refractivity contribution in [3.8, 4) is 22.3 Å². The molecule has 2 aromatic heterocycles. The topological polar surface area (TPSA) is 49.9 Å². The molecule has 0 spiro atoms. The van der Waals surface area contributed by atoms with Gasteiger partial charge in [-0.1, -0.05) is 146 Å². The van der Waals surface area contributed by atoms with Gasteiger partial charge in [-0.2, -0.15) is 0 Å². The Morgan fingerprint density at radius 1 is 0.414 bits per heavy atom. The van der Waals surface area contributed by atoms with Gasteiger partial charge in [0.15, 0.2) is 6.17 Å². The molecule has 4 nitrogen and oxygen atoms in total. The molecule has 1 atom stereocenters. The van der Waals surface area contributed by atoms with Crippen LogP contribution in [-0.4, -0.2) is 11.7 Å². The van der Waals surface area contributed by atoms with Crippen molar-refractivity contribution < 1.29 is 4.42 Å². The van der Waals surface area contributed by atoms with E-state index >= 15 is 0 Å². The van der Waals surface area contributed by atoms with Crippen molar-refractivity contribution in [2.45, 2.75) is 6.17 Å². The molecular weight excluding hydrogens is 727 g/mol. The first-order valence-corrected chi connectivity index (χ1v) is 20.4. The van der Waals surface area contributed by atoms with Crippen molar-refractivity contribution >= 4 is 86.7 Å². The minimum atomic E-state index is -0.576. The van der Waals surface area contributed by atoms with Gasteiger partial charge >= 0.3 is 0 Å². The molecule has 1 unspecified atom stereocenters. The summed E-state index contributed by atoms with van der Waals surface area (Å²) in [7, 11) is 0. The summed E-state index contributed by atoms with van der Waals surface area (Å²) in [5.74, 6) is 1.54. The molecule has 5 heteroatoms. The molecule has 11 aromatic rings. The van der Waals surface area contributed by atoms with Crippen molar-refractivity contribution in [2.75, 3.05) is 0 Å². The summed E-state index contributed by atoms with van der Waals surface area (Å²) in [5, 5.41) is 13.1. The number of fused-ring (bicyclic) bond motifs is 8. The molecule has 12 rings (SSSR count). The summed E-state index contributed by atoms with van der Waals surface area (Å²) in [6.45, 7) is 0. The monoisotopic (exact) mass is 759 g/mol. The third-order valence-corrected chi connectivity index (χ3v) is 12.7. The maximum absolute atomic E-state index is 6.53. The van der Waals surface area contributed by atoms with Crippen LogP contribution in [0.2, 0.25) is 0 Å². The van der Waals surface area contributed by atoms with Crippen molar-refractivity contribution in [3.63, 3.8) is 0 Å². The summed E-state index contributed by atoms with van der Waals surface area (Å²) >= 11 is 1.83. The first kappa shape index (κ1) is 32.9. The predicted octanol–water partition coefficient (Wildman–Crippen LogP) is 14.1. The Balaban J connectivity index is 1.07. The summed E-state index contributed by atoms with van der Waals surface area (Å²) in [6.07, 6.45) is -0.576. The number of nitrogens with zero attached hydrogens (tertiary/aromatic N) is 2. The van der Waals surface area contributed by atoms with Gasteiger partial charge in [-0.3, -0.25) is 0 Å². The van der Waals surface area contributed by atoms with E-state index in [0.29, 0.717) is 0 Å². The van der Waals surface area contributed by atoms with Gasteiger partial charge < -0.3 is 9.73 Å². The zero-order valence-electron chi connectivity index (χ0n) is 31.2. The molecule has 58 heavy (non-hydrogen) atoms. The smallest absolute Gasteiger partial charge is 0.171 e. The van der Waals surface area contributed by atoms with Gasteiger partial charge in [-0.05, 0) is 86.3 Å². The first-order chi connectivity index (χ1) is 28.7. The first-order valence-electron chi connectivity index (χ1n) is 19.6. The Kier molecular flexibility index (Phi) is 7.43. The molecule has 9 aromatic carbocycles. The number of hydrogen-bond acceptors (Lipinski definition) is 5. The van der Waals surface area contributed by atoms with Gasteiger partial charge in [0.25, 0.3) is 0 Å². The van der Waals surface area contributed by atoms with Crippen molar-refractivity contribution in [2.24, 2.45) is 9.98 Å². The molecule has 0 radical (unpaired) electrons. The van der Waals surface area contributed by atoms with Crippen LogP contribution in [0, 0.1) is 0 Å². The van der Waals surface area contributed by atoms with E-state index in [4.69, 9.17) is 14.4 Å². The highest BCUT2D eigenvalue weighted by Gasteiger charge is 2.27. The van der Waals surface area contributed by atoms with E-state index in [1.165, 1.54) is 41.9 Å². The van der Waals surface area contributed by atoms with Gasteiger partial charge in [-0.25, -0.2) is 9.98 Å². The third kappa shape index (κ3) is 5.43. The van der Waals surface area contributed by atoms with E-state index in [0.717, 1.165) is 72.4 Å². The van der Waals surface area contributed by atoms with Crippen LogP contribution in [0.25, 0.3) is 85.9 Å². The molecule has 272 valence electrons. The predicted molar refractivity (Wildman–Crippen MR) is 244 cm³/mol. The maximum atomic E-state index is 6.53. The van der Waals surface area contributed by atoms with Gasteiger partial charge in [0, 0.05) is 47.6 Å². The van der Waals surface area contributed by atoms with E-state index in [1.807, 2.05) is 23.5 Å². The van der Waals surface area contributed by atoms with Crippen LogP contribution in [0.15, 0.2) is 202 Å². The number of thiophene rings is 1. The molecular formula is C53H33N3OS. The van der Waals surface area contributed by atoms with Gasteiger partial charge in [0.1, 0.15) is 22.8 Å². The van der Waals surface area contributed by atoms with Crippen LogP contribution < -0.4 is 5.32 Å². The van der Waals surface area contributed by atoms with E-state index in [-0.39, 0.29) is 0 Å².